The molecule has 0 saturated carbocycles. The first kappa shape index (κ1) is 23.7. The summed E-state index contributed by atoms with van der Waals surface area (Å²) >= 11 is 0. The van der Waals surface area contributed by atoms with Crippen molar-refractivity contribution in [1.29, 1.82) is 0 Å². The molecular weight excluding hydrogens is 466 g/mol. The number of benzene rings is 2. The van der Waals surface area contributed by atoms with Crippen LogP contribution in [0.1, 0.15) is 22.3 Å². The fourth-order valence-corrected chi connectivity index (χ4v) is 4.45. The van der Waals surface area contributed by atoms with Crippen LogP contribution in [-0.2, 0) is 0 Å². The van der Waals surface area contributed by atoms with Crippen LogP contribution in [0, 0.1) is 24.5 Å². The second-order valence-corrected chi connectivity index (χ2v) is 8.78. The number of halogens is 2. The first-order valence-electron chi connectivity index (χ1n) is 11.7. The third-order valence-electron chi connectivity index (χ3n) is 6.42. The monoisotopic (exact) mass is 492 g/mol. The molecule has 2 aromatic carbocycles. The van der Waals surface area contributed by atoms with E-state index in [0.29, 0.717) is 35.2 Å². The van der Waals surface area contributed by atoms with Crippen LogP contribution in [0.5, 0.6) is 5.75 Å². The Hall–Kier alpha value is -4.05. The van der Waals surface area contributed by atoms with Crippen LogP contribution in [0.25, 0.3) is 16.9 Å². The van der Waals surface area contributed by atoms with E-state index >= 15 is 0 Å². The molecule has 4 aromatic rings. The summed E-state index contributed by atoms with van der Waals surface area (Å²) in [6, 6.07) is 8.25. The van der Waals surface area contributed by atoms with Gasteiger partial charge < -0.3 is 20.7 Å². The number of hydrogen-bond donors (Lipinski definition) is 3. The van der Waals surface area contributed by atoms with Crippen molar-refractivity contribution in [2.75, 3.05) is 32.1 Å². The number of nitrogens with zero attached hydrogens (tertiary/aromatic N) is 3. The molecule has 1 aliphatic heterocycles. The number of nitrogens with one attached hydrogen (secondary N) is 3. The number of hydrogen-bond acceptors (Lipinski definition) is 6. The van der Waals surface area contributed by atoms with Crippen molar-refractivity contribution in [3.05, 3.63) is 71.7 Å². The summed E-state index contributed by atoms with van der Waals surface area (Å²) in [5.41, 5.74) is 3.00. The number of aryl methyl sites for hydroxylation is 1. The van der Waals surface area contributed by atoms with E-state index in [2.05, 4.69) is 25.9 Å². The van der Waals surface area contributed by atoms with Crippen LogP contribution in [0.15, 0.2) is 48.9 Å². The number of fused-ring (bicyclic) bond motifs is 1. The van der Waals surface area contributed by atoms with Crippen LogP contribution in [0.3, 0.4) is 0 Å². The average Bonchev–Trinajstić information content (AvgIpc) is 3.55. The van der Waals surface area contributed by atoms with Gasteiger partial charge in [0.25, 0.3) is 5.91 Å². The zero-order chi connectivity index (χ0) is 25.2. The molecule has 36 heavy (non-hydrogen) atoms. The second kappa shape index (κ2) is 9.90. The van der Waals surface area contributed by atoms with E-state index in [1.165, 1.54) is 25.4 Å². The van der Waals surface area contributed by atoms with Gasteiger partial charge in [-0.05, 0) is 68.2 Å². The van der Waals surface area contributed by atoms with Crippen molar-refractivity contribution in [2.45, 2.75) is 13.3 Å². The van der Waals surface area contributed by atoms with E-state index < -0.39 is 11.6 Å². The first-order chi connectivity index (χ1) is 17.5. The highest BCUT2D eigenvalue weighted by Gasteiger charge is 2.20. The Bertz CT molecular complexity index is 1430. The van der Waals surface area contributed by atoms with E-state index in [1.54, 1.807) is 28.9 Å². The maximum absolute atomic E-state index is 14.7. The number of aromatic nitrogens is 3. The number of amides is 1. The molecule has 1 atom stereocenters. The Morgan fingerprint density at radius 1 is 1.22 bits per heavy atom. The molecule has 8 nitrogen and oxygen atoms in total. The molecule has 1 fully saturated rings. The van der Waals surface area contributed by atoms with Crippen molar-refractivity contribution in [3.63, 3.8) is 0 Å². The van der Waals surface area contributed by atoms with Gasteiger partial charge in [-0.15, -0.1) is 0 Å². The first-order valence-corrected chi connectivity index (χ1v) is 11.7. The third-order valence-corrected chi connectivity index (χ3v) is 6.42. The minimum absolute atomic E-state index is 0.0533. The van der Waals surface area contributed by atoms with Crippen LogP contribution < -0.4 is 20.7 Å². The Morgan fingerprint density at radius 3 is 2.83 bits per heavy atom. The molecule has 1 amide bonds. The lowest BCUT2D eigenvalue weighted by Gasteiger charge is -2.13. The quantitative estimate of drug-likeness (QED) is 0.360. The predicted octanol–water partition coefficient (Wildman–Crippen LogP) is 4.07. The molecule has 0 spiro atoms. The van der Waals surface area contributed by atoms with Gasteiger partial charge in [0.05, 0.1) is 19.0 Å². The minimum Gasteiger partial charge on any atom is -0.494 e. The highest BCUT2D eigenvalue weighted by molar-refractivity contribution is 5.96. The molecule has 3 heterocycles. The van der Waals surface area contributed by atoms with Gasteiger partial charge in [-0.3, -0.25) is 9.20 Å². The Labute approximate surface area is 206 Å². The van der Waals surface area contributed by atoms with Crippen molar-refractivity contribution in [2.24, 2.45) is 5.92 Å². The fourth-order valence-electron chi connectivity index (χ4n) is 4.45. The number of imidazole rings is 1. The van der Waals surface area contributed by atoms with Gasteiger partial charge in [0.15, 0.2) is 23.0 Å². The molecule has 0 radical (unpaired) electrons. The number of methoxy groups -OCH3 is 1. The molecule has 10 heteroatoms. The molecule has 5 rings (SSSR count). The summed E-state index contributed by atoms with van der Waals surface area (Å²) in [5, 5.41) is 9.53. The van der Waals surface area contributed by atoms with Crippen LogP contribution in [0.4, 0.5) is 20.3 Å². The zero-order valence-corrected chi connectivity index (χ0v) is 19.9. The van der Waals surface area contributed by atoms with Gasteiger partial charge in [-0.25, -0.2) is 14.4 Å². The van der Waals surface area contributed by atoms with Crippen molar-refractivity contribution in [1.82, 2.24) is 25.0 Å². The molecule has 1 saturated heterocycles. The highest BCUT2D eigenvalue weighted by atomic mass is 19.2. The number of ether oxygens (including phenoxy) is 1. The van der Waals surface area contributed by atoms with Gasteiger partial charge >= 0.3 is 0 Å². The number of carbonyl (C=O) groups excluding carboxylic acids is 1. The lowest BCUT2D eigenvalue weighted by Crippen LogP contribution is -2.30. The molecule has 1 aliphatic rings. The second-order valence-electron chi connectivity index (χ2n) is 8.78. The maximum atomic E-state index is 14.7. The van der Waals surface area contributed by atoms with E-state index in [1.807, 2.05) is 13.0 Å². The molecule has 0 aliphatic carbocycles. The molecule has 0 bridgehead atoms. The van der Waals surface area contributed by atoms with Gasteiger partial charge in [0.1, 0.15) is 0 Å². The SMILES string of the molecule is COc1ccc(-c2cnc3c(Nc4ccc(C(=O)NCC5CCNC5)c(C)c4)nccn23)c(F)c1F. The van der Waals surface area contributed by atoms with Gasteiger partial charge in [0, 0.05) is 35.8 Å². The van der Waals surface area contributed by atoms with Crippen molar-refractivity contribution < 1.29 is 18.3 Å². The summed E-state index contributed by atoms with van der Waals surface area (Å²) in [6.07, 6.45) is 5.70. The smallest absolute Gasteiger partial charge is 0.251 e. The standard InChI is InChI=1S/C26H26F2N6O2/c1-15-11-17(3-4-18(15)26(35)32-13-16-7-8-29-12-16)33-24-25-31-14-20(34(25)10-9-30-24)19-5-6-21(36-2)23(28)22(19)27/h3-6,9-11,14,16,29H,7-8,12-13H2,1-2H3,(H,30,33)(H,32,35). The van der Waals surface area contributed by atoms with Crippen LogP contribution in [0.2, 0.25) is 0 Å². The summed E-state index contributed by atoms with van der Waals surface area (Å²) in [7, 11) is 1.28. The fraction of sp³-hybridized carbons (Fsp3) is 0.269. The van der Waals surface area contributed by atoms with Gasteiger partial charge in [-0.2, -0.15) is 4.39 Å². The third kappa shape index (κ3) is 4.47. The molecule has 1 unspecified atom stereocenters. The molecule has 2 aromatic heterocycles. The van der Waals surface area contributed by atoms with Crippen molar-refractivity contribution >= 4 is 23.1 Å². The number of rotatable bonds is 7. The topological polar surface area (TPSA) is 92.6 Å². The minimum atomic E-state index is -1.06. The van der Waals surface area contributed by atoms with Crippen LogP contribution in [-0.4, -0.2) is 47.0 Å². The van der Waals surface area contributed by atoms with Crippen LogP contribution >= 0.6 is 0 Å². The average molecular weight is 493 g/mol. The summed E-state index contributed by atoms with van der Waals surface area (Å²) in [6.45, 7) is 4.44. The summed E-state index contributed by atoms with van der Waals surface area (Å²) < 4.78 is 35.5. The molecular formula is C26H26F2N6O2. The normalized spacial score (nSPS) is 15.3. The van der Waals surface area contributed by atoms with Gasteiger partial charge in [0.2, 0.25) is 5.82 Å². The predicted molar refractivity (Wildman–Crippen MR) is 133 cm³/mol. The van der Waals surface area contributed by atoms with Crippen molar-refractivity contribution in [3.8, 4) is 17.0 Å². The number of carbonyl (C=O) groups is 1. The Morgan fingerprint density at radius 2 is 2.08 bits per heavy atom. The van der Waals surface area contributed by atoms with Gasteiger partial charge in [-0.1, -0.05) is 0 Å². The number of anilines is 2. The van der Waals surface area contributed by atoms with E-state index in [9.17, 15) is 13.6 Å². The molecule has 186 valence electrons. The Kier molecular flexibility index (Phi) is 6.51. The van der Waals surface area contributed by atoms with E-state index in [0.717, 1.165) is 30.8 Å². The summed E-state index contributed by atoms with van der Waals surface area (Å²) in [5.74, 6) is -1.45. The highest BCUT2D eigenvalue weighted by Crippen LogP contribution is 2.31. The lowest BCUT2D eigenvalue weighted by molar-refractivity contribution is 0.0947. The summed E-state index contributed by atoms with van der Waals surface area (Å²) in [4.78, 5) is 21.4. The largest absolute Gasteiger partial charge is 0.494 e. The van der Waals surface area contributed by atoms with E-state index in [4.69, 9.17) is 4.74 Å². The molecule has 3 N–H and O–H groups in total. The lowest BCUT2D eigenvalue weighted by atomic mass is 10.1. The Balaban J connectivity index is 1.38. The van der Waals surface area contributed by atoms with E-state index in [-0.39, 0.29) is 17.2 Å². The maximum Gasteiger partial charge on any atom is 0.251 e. The zero-order valence-electron chi connectivity index (χ0n) is 19.9.